The molecule has 0 aliphatic carbocycles. The van der Waals surface area contributed by atoms with Gasteiger partial charge in [0.15, 0.2) is 0 Å². The van der Waals surface area contributed by atoms with E-state index in [0.717, 1.165) is 6.42 Å². The highest BCUT2D eigenvalue weighted by Crippen LogP contribution is 2.15. The van der Waals surface area contributed by atoms with E-state index in [1.54, 1.807) is 25.4 Å². The van der Waals surface area contributed by atoms with Crippen molar-refractivity contribution in [2.45, 2.75) is 6.42 Å². The molecule has 0 unspecified atom stereocenters. The van der Waals surface area contributed by atoms with Crippen LogP contribution in [-0.4, -0.2) is 38.5 Å². The molecule has 5 nitrogen and oxygen atoms in total. The Kier molecular flexibility index (Phi) is 6.29. The van der Waals surface area contributed by atoms with Crippen molar-refractivity contribution in [2.24, 2.45) is 0 Å². The van der Waals surface area contributed by atoms with Crippen LogP contribution in [0.3, 0.4) is 0 Å². The molecule has 0 aliphatic rings. The molecule has 0 saturated heterocycles. The van der Waals surface area contributed by atoms with Gasteiger partial charge < -0.3 is 19.9 Å². The molecule has 0 bridgehead atoms. The van der Waals surface area contributed by atoms with E-state index < -0.39 is 0 Å². The van der Waals surface area contributed by atoms with Gasteiger partial charge in [0.25, 0.3) is 0 Å². The van der Waals surface area contributed by atoms with Gasteiger partial charge in [0, 0.05) is 26.3 Å². The number of anilines is 1. The lowest BCUT2D eigenvalue weighted by Crippen LogP contribution is -2.08. The third-order valence-electron chi connectivity index (χ3n) is 1.90. The SMILES string of the molecule is COCCOCCCOc1ncccc1N. The normalized spacial score (nSPS) is 10.3. The molecule has 2 N–H and O–H groups in total. The summed E-state index contributed by atoms with van der Waals surface area (Å²) >= 11 is 0. The third-order valence-corrected chi connectivity index (χ3v) is 1.90. The molecule has 0 saturated carbocycles. The second-order valence-electron chi connectivity index (χ2n) is 3.20. The van der Waals surface area contributed by atoms with Gasteiger partial charge in [-0.25, -0.2) is 4.98 Å². The van der Waals surface area contributed by atoms with Crippen molar-refractivity contribution in [2.75, 3.05) is 39.3 Å². The molecule has 0 radical (unpaired) electrons. The van der Waals surface area contributed by atoms with Crippen LogP contribution in [-0.2, 0) is 9.47 Å². The van der Waals surface area contributed by atoms with Crippen molar-refractivity contribution in [3.63, 3.8) is 0 Å². The number of aromatic nitrogens is 1. The summed E-state index contributed by atoms with van der Waals surface area (Å²) < 4.78 is 15.5. The van der Waals surface area contributed by atoms with E-state index in [1.807, 2.05) is 0 Å². The maximum atomic E-state index is 5.67. The van der Waals surface area contributed by atoms with Gasteiger partial charge in [0.1, 0.15) is 0 Å². The Morgan fingerprint density at radius 1 is 1.25 bits per heavy atom. The number of methoxy groups -OCH3 is 1. The van der Waals surface area contributed by atoms with Crippen LogP contribution in [0.4, 0.5) is 5.69 Å². The van der Waals surface area contributed by atoms with Gasteiger partial charge in [-0.2, -0.15) is 0 Å². The van der Waals surface area contributed by atoms with Gasteiger partial charge in [-0.1, -0.05) is 0 Å². The monoisotopic (exact) mass is 226 g/mol. The number of hydrogen-bond donors (Lipinski definition) is 1. The van der Waals surface area contributed by atoms with E-state index in [9.17, 15) is 0 Å². The fourth-order valence-corrected chi connectivity index (χ4v) is 1.10. The van der Waals surface area contributed by atoms with Crippen molar-refractivity contribution in [1.29, 1.82) is 0 Å². The molecule has 0 amide bonds. The molecule has 0 spiro atoms. The molecule has 90 valence electrons. The van der Waals surface area contributed by atoms with Gasteiger partial charge in [-0.05, 0) is 12.1 Å². The van der Waals surface area contributed by atoms with Gasteiger partial charge in [-0.15, -0.1) is 0 Å². The lowest BCUT2D eigenvalue weighted by atomic mass is 10.4. The summed E-state index contributed by atoms with van der Waals surface area (Å²) in [7, 11) is 1.65. The summed E-state index contributed by atoms with van der Waals surface area (Å²) in [6.45, 7) is 2.43. The molecular weight excluding hydrogens is 208 g/mol. The maximum absolute atomic E-state index is 5.67. The Morgan fingerprint density at radius 3 is 2.88 bits per heavy atom. The van der Waals surface area contributed by atoms with Crippen molar-refractivity contribution >= 4 is 5.69 Å². The Labute approximate surface area is 95.5 Å². The van der Waals surface area contributed by atoms with Crippen LogP contribution < -0.4 is 10.5 Å². The Bertz CT molecular complexity index is 294. The second-order valence-corrected chi connectivity index (χ2v) is 3.20. The van der Waals surface area contributed by atoms with Crippen molar-refractivity contribution < 1.29 is 14.2 Å². The van der Waals surface area contributed by atoms with Crippen LogP contribution >= 0.6 is 0 Å². The van der Waals surface area contributed by atoms with Crippen LogP contribution in [0.5, 0.6) is 5.88 Å². The number of pyridine rings is 1. The molecular formula is C11H18N2O3. The zero-order chi connectivity index (χ0) is 11.6. The topological polar surface area (TPSA) is 66.6 Å². The van der Waals surface area contributed by atoms with Crippen LogP contribution in [0.25, 0.3) is 0 Å². The highest BCUT2D eigenvalue weighted by atomic mass is 16.5. The average Bonchev–Trinajstić information content (AvgIpc) is 2.30. The molecule has 5 heteroatoms. The molecule has 0 fully saturated rings. The number of nitrogens with zero attached hydrogens (tertiary/aromatic N) is 1. The van der Waals surface area contributed by atoms with E-state index in [2.05, 4.69) is 4.98 Å². The van der Waals surface area contributed by atoms with Gasteiger partial charge in [0.2, 0.25) is 5.88 Å². The molecule has 1 rings (SSSR count). The number of nitrogen functional groups attached to an aromatic ring is 1. The first-order chi connectivity index (χ1) is 7.84. The van der Waals surface area contributed by atoms with E-state index >= 15 is 0 Å². The molecule has 1 aromatic rings. The first-order valence-corrected chi connectivity index (χ1v) is 5.24. The summed E-state index contributed by atoms with van der Waals surface area (Å²) in [4.78, 5) is 4.02. The highest BCUT2D eigenvalue weighted by Gasteiger charge is 1.99. The average molecular weight is 226 g/mol. The molecule has 1 aromatic heterocycles. The molecule has 0 aliphatic heterocycles. The summed E-state index contributed by atoms with van der Waals surface area (Å²) in [6, 6.07) is 3.54. The minimum absolute atomic E-state index is 0.486. The first-order valence-electron chi connectivity index (χ1n) is 5.24. The Balaban J connectivity index is 2.05. The Morgan fingerprint density at radius 2 is 2.12 bits per heavy atom. The lowest BCUT2D eigenvalue weighted by molar-refractivity contribution is 0.0642. The van der Waals surface area contributed by atoms with Crippen LogP contribution in [0.2, 0.25) is 0 Å². The molecule has 0 atom stereocenters. The molecule has 1 heterocycles. The molecule has 16 heavy (non-hydrogen) atoms. The maximum Gasteiger partial charge on any atom is 0.237 e. The number of rotatable bonds is 8. The quantitative estimate of drug-likeness (QED) is 0.672. The smallest absolute Gasteiger partial charge is 0.237 e. The van der Waals surface area contributed by atoms with Crippen LogP contribution in [0.15, 0.2) is 18.3 Å². The van der Waals surface area contributed by atoms with Gasteiger partial charge in [0.05, 0.1) is 25.5 Å². The van der Waals surface area contributed by atoms with Gasteiger partial charge in [-0.3, -0.25) is 0 Å². The fourth-order valence-electron chi connectivity index (χ4n) is 1.10. The van der Waals surface area contributed by atoms with Crippen LogP contribution in [0, 0.1) is 0 Å². The standard InChI is InChI=1S/C11H18N2O3/c1-14-8-9-15-6-3-7-16-11-10(12)4-2-5-13-11/h2,4-5H,3,6-9,12H2,1H3. The molecule has 0 aromatic carbocycles. The second kappa shape index (κ2) is 7.90. The first kappa shape index (κ1) is 12.7. The van der Waals surface area contributed by atoms with Crippen molar-refractivity contribution in [1.82, 2.24) is 4.98 Å². The highest BCUT2D eigenvalue weighted by molar-refractivity contribution is 5.46. The van der Waals surface area contributed by atoms with Crippen molar-refractivity contribution in [3.8, 4) is 5.88 Å². The van der Waals surface area contributed by atoms with Crippen LogP contribution in [0.1, 0.15) is 6.42 Å². The Hall–Kier alpha value is -1.33. The number of nitrogens with two attached hydrogens (primary N) is 1. The van der Waals surface area contributed by atoms with E-state index in [-0.39, 0.29) is 0 Å². The van der Waals surface area contributed by atoms with E-state index in [1.165, 1.54) is 0 Å². The summed E-state index contributed by atoms with van der Waals surface area (Å²) in [5.41, 5.74) is 6.22. The minimum Gasteiger partial charge on any atom is -0.476 e. The summed E-state index contributed by atoms with van der Waals surface area (Å²) in [5.74, 6) is 0.486. The lowest BCUT2D eigenvalue weighted by Gasteiger charge is -2.07. The summed E-state index contributed by atoms with van der Waals surface area (Å²) in [5, 5.41) is 0. The van der Waals surface area contributed by atoms with E-state index in [0.29, 0.717) is 38.0 Å². The largest absolute Gasteiger partial charge is 0.476 e. The fraction of sp³-hybridized carbons (Fsp3) is 0.545. The zero-order valence-electron chi connectivity index (χ0n) is 9.52. The third kappa shape index (κ3) is 4.95. The minimum atomic E-state index is 0.486. The van der Waals surface area contributed by atoms with E-state index in [4.69, 9.17) is 19.9 Å². The zero-order valence-corrected chi connectivity index (χ0v) is 9.52. The predicted octanol–water partition coefficient (Wildman–Crippen LogP) is 1.10. The summed E-state index contributed by atoms with van der Waals surface area (Å²) in [6.07, 6.45) is 2.46. The predicted molar refractivity (Wildman–Crippen MR) is 61.5 cm³/mol. The number of hydrogen-bond acceptors (Lipinski definition) is 5. The van der Waals surface area contributed by atoms with Gasteiger partial charge >= 0.3 is 0 Å². The van der Waals surface area contributed by atoms with Crippen molar-refractivity contribution in [3.05, 3.63) is 18.3 Å². The number of ether oxygens (including phenoxy) is 3.